The second-order valence-electron chi connectivity index (χ2n) is 2.60. The molecule has 0 aromatic heterocycles. The highest BCUT2D eigenvalue weighted by molar-refractivity contribution is 9.10. The van der Waals surface area contributed by atoms with Gasteiger partial charge in [-0.3, -0.25) is 0 Å². The summed E-state index contributed by atoms with van der Waals surface area (Å²) in [5, 5.41) is 8.40. The summed E-state index contributed by atoms with van der Waals surface area (Å²) < 4.78 is 37.6. The molecule has 0 heterocycles. The minimum atomic E-state index is -4.41. The number of rotatable bonds is 2. The zero-order chi connectivity index (χ0) is 10.8. The van der Waals surface area contributed by atoms with E-state index in [2.05, 4.69) is 15.9 Å². The predicted molar refractivity (Wildman–Crippen MR) is 47.8 cm³/mol. The zero-order valence-corrected chi connectivity index (χ0v) is 8.48. The van der Waals surface area contributed by atoms with Crippen molar-refractivity contribution in [1.82, 2.24) is 5.48 Å². The first-order valence-electron chi connectivity index (χ1n) is 3.68. The van der Waals surface area contributed by atoms with Crippen LogP contribution in [0, 0.1) is 0 Å². The van der Waals surface area contributed by atoms with Crippen LogP contribution in [0.4, 0.5) is 13.2 Å². The van der Waals surface area contributed by atoms with E-state index in [1.807, 2.05) is 0 Å². The summed E-state index contributed by atoms with van der Waals surface area (Å²) in [4.78, 5) is 0. The van der Waals surface area contributed by atoms with Gasteiger partial charge in [0.1, 0.15) is 0 Å². The van der Waals surface area contributed by atoms with Crippen molar-refractivity contribution >= 4 is 15.9 Å². The van der Waals surface area contributed by atoms with Crippen LogP contribution in [-0.4, -0.2) is 5.21 Å². The van der Waals surface area contributed by atoms with E-state index in [4.69, 9.17) is 5.21 Å². The van der Waals surface area contributed by atoms with Gasteiger partial charge in [-0.15, -0.1) is 0 Å². The molecule has 0 bridgehead atoms. The van der Waals surface area contributed by atoms with Crippen LogP contribution in [0.3, 0.4) is 0 Å². The second kappa shape index (κ2) is 4.29. The minimum absolute atomic E-state index is 0.0116. The number of halogens is 4. The molecule has 0 atom stereocenters. The molecule has 2 N–H and O–H groups in total. The molecule has 1 rings (SSSR count). The van der Waals surface area contributed by atoms with Gasteiger partial charge < -0.3 is 5.21 Å². The van der Waals surface area contributed by atoms with Gasteiger partial charge in [-0.25, -0.2) is 5.48 Å². The van der Waals surface area contributed by atoms with Crippen LogP contribution < -0.4 is 5.48 Å². The van der Waals surface area contributed by atoms with Gasteiger partial charge in [-0.2, -0.15) is 13.2 Å². The molecule has 78 valence electrons. The van der Waals surface area contributed by atoms with Crippen molar-refractivity contribution in [3.63, 3.8) is 0 Å². The summed E-state index contributed by atoms with van der Waals surface area (Å²) >= 11 is 2.99. The molecule has 2 nitrogen and oxygen atoms in total. The van der Waals surface area contributed by atoms with Crippen molar-refractivity contribution < 1.29 is 18.4 Å². The van der Waals surface area contributed by atoms with Gasteiger partial charge in [0, 0.05) is 11.0 Å². The van der Waals surface area contributed by atoms with E-state index in [1.54, 1.807) is 5.48 Å². The zero-order valence-electron chi connectivity index (χ0n) is 6.90. The molecule has 1 aromatic carbocycles. The van der Waals surface area contributed by atoms with Crippen LogP contribution in [0.15, 0.2) is 22.7 Å². The van der Waals surface area contributed by atoms with Gasteiger partial charge in [0.15, 0.2) is 0 Å². The van der Waals surface area contributed by atoms with E-state index in [0.717, 1.165) is 6.07 Å². The van der Waals surface area contributed by atoms with Gasteiger partial charge in [-0.05, 0) is 17.7 Å². The Morgan fingerprint density at radius 3 is 2.50 bits per heavy atom. The number of hydrogen-bond acceptors (Lipinski definition) is 2. The maximum Gasteiger partial charge on any atom is 0.416 e. The third kappa shape index (κ3) is 2.46. The van der Waals surface area contributed by atoms with Crippen LogP contribution in [0.2, 0.25) is 0 Å². The molecule has 0 saturated carbocycles. The predicted octanol–water partition coefficient (Wildman–Crippen LogP) is 2.95. The third-order valence-corrected chi connectivity index (χ3v) is 2.42. The lowest BCUT2D eigenvalue weighted by Gasteiger charge is -2.13. The number of nitrogens with one attached hydrogen (secondary N) is 1. The maximum atomic E-state index is 12.4. The smallest absolute Gasteiger partial charge is 0.316 e. The standard InChI is InChI=1S/C8H7BrF3NO/c9-7-3-1-2-6(8(10,11)12)5(7)4-13-14/h1-3,13-14H,4H2. The van der Waals surface area contributed by atoms with Crippen molar-refractivity contribution in [2.45, 2.75) is 12.7 Å². The molecule has 0 aliphatic carbocycles. The van der Waals surface area contributed by atoms with Crippen LogP contribution in [0.5, 0.6) is 0 Å². The average Bonchev–Trinajstić information content (AvgIpc) is 2.07. The average molecular weight is 270 g/mol. The Hall–Kier alpha value is -0.590. The van der Waals surface area contributed by atoms with Crippen molar-refractivity contribution in [2.75, 3.05) is 0 Å². The lowest BCUT2D eigenvalue weighted by molar-refractivity contribution is -0.138. The number of hydrogen-bond donors (Lipinski definition) is 2. The Morgan fingerprint density at radius 2 is 2.00 bits per heavy atom. The molecule has 0 aliphatic rings. The minimum Gasteiger partial charge on any atom is -0.316 e. The van der Waals surface area contributed by atoms with Crippen LogP contribution in [0.25, 0.3) is 0 Å². The van der Waals surface area contributed by atoms with Crippen LogP contribution in [-0.2, 0) is 12.7 Å². The van der Waals surface area contributed by atoms with E-state index in [9.17, 15) is 13.2 Å². The number of benzene rings is 1. The molecule has 6 heteroatoms. The number of alkyl halides is 3. The SMILES string of the molecule is ONCc1c(Br)cccc1C(F)(F)F. The largest absolute Gasteiger partial charge is 0.416 e. The highest BCUT2D eigenvalue weighted by Gasteiger charge is 2.33. The Balaban J connectivity index is 3.21. The molecule has 14 heavy (non-hydrogen) atoms. The molecular formula is C8H7BrF3NO. The summed E-state index contributed by atoms with van der Waals surface area (Å²) in [7, 11) is 0. The van der Waals surface area contributed by atoms with Crippen LogP contribution in [0.1, 0.15) is 11.1 Å². The maximum absolute atomic E-state index is 12.4. The molecule has 0 radical (unpaired) electrons. The van der Waals surface area contributed by atoms with Gasteiger partial charge in [0.05, 0.1) is 5.56 Å². The van der Waals surface area contributed by atoms with Gasteiger partial charge in [0.2, 0.25) is 0 Å². The second-order valence-corrected chi connectivity index (χ2v) is 3.45. The normalized spacial score (nSPS) is 11.8. The quantitative estimate of drug-likeness (QED) is 0.810. The van der Waals surface area contributed by atoms with Crippen LogP contribution >= 0.6 is 15.9 Å². The van der Waals surface area contributed by atoms with E-state index < -0.39 is 11.7 Å². The molecule has 0 amide bonds. The molecule has 0 saturated heterocycles. The van der Waals surface area contributed by atoms with Gasteiger partial charge >= 0.3 is 6.18 Å². The topological polar surface area (TPSA) is 32.3 Å². The molecule has 1 aromatic rings. The molecule has 0 spiro atoms. The molecular weight excluding hydrogens is 263 g/mol. The Morgan fingerprint density at radius 1 is 1.36 bits per heavy atom. The first-order valence-corrected chi connectivity index (χ1v) is 4.47. The fraction of sp³-hybridized carbons (Fsp3) is 0.250. The van der Waals surface area contributed by atoms with E-state index in [0.29, 0.717) is 4.47 Å². The van der Waals surface area contributed by atoms with E-state index in [1.165, 1.54) is 12.1 Å². The summed E-state index contributed by atoms with van der Waals surface area (Å²) in [6.45, 7) is -0.254. The molecule has 0 aliphatic heterocycles. The fourth-order valence-electron chi connectivity index (χ4n) is 1.08. The summed E-state index contributed by atoms with van der Waals surface area (Å²) in [6, 6.07) is 3.76. The lowest BCUT2D eigenvalue weighted by atomic mass is 10.1. The molecule has 0 fully saturated rings. The first kappa shape index (κ1) is 11.5. The van der Waals surface area contributed by atoms with E-state index >= 15 is 0 Å². The summed E-state index contributed by atoms with van der Waals surface area (Å²) in [5.74, 6) is 0. The van der Waals surface area contributed by atoms with Crippen molar-refractivity contribution in [3.8, 4) is 0 Å². The number of hydroxylamine groups is 1. The van der Waals surface area contributed by atoms with Gasteiger partial charge in [-0.1, -0.05) is 22.0 Å². The first-order chi connectivity index (χ1) is 6.46. The Kier molecular flexibility index (Phi) is 3.52. The van der Waals surface area contributed by atoms with E-state index in [-0.39, 0.29) is 12.1 Å². The Labute approximate surface area is 86.8 Å². The lowest BCUT2D eigenvalue weighted by Crippen LogP contribution is -2.15. The van der Waals surface area contributed by atoms with Crippen molar-refractivity contribution in [1.29, 1.82) is 0 Å². The Bertz CT molecular complexity index is 327. The third-order valence-electron chi connectivity index (χ3n) is 1.68. The summed E-state index contributed by atoms with van der Waals surface area (Å²) in [5.41, 5.74) is 0.940. The monoisotopic (exact) mass is 269 g/mol. The molecule has 0 unspecified atom stereocenters. The van der Waals surface area contributed by atoms with Gasteiger partial charge in [0.25, 0.3) is 0 Å². The van der Waals surface area contributed by atoms with Crippen molar-refractivity contribution in [3.05, 3.63) is 33.8 Å². The highest BCUT2D eigenvalue weighted by Crippen LogP contribution is 2.34. The fourth-order valence-corrected chi connectivity index (χ4v) is 1.59. The highest BCUT2D eigenvalue weighted by atomic mass is 79.9. The van der Waals surface area contributed by atoms with Crippen molar-refractivity contribution in [2.24, 2.45) is 0 Å². The summed E-state index contributed by atoms with van der Waals surface area (Å²) in [6.07, 6.45) is -4.41.